The molecule has 1 N–H and O–H groups in total. The van der Waals surface area contributed by atoms with Crippen molar-refractivity contribution in [3.8, 4) is 11.3 Å². The number of aromatic nitrogens is 2. The number of piperazine rings is 1. The van der Waals surface area contributed by atoms with E-state index in [0.717, 1.165) is 11.6 Å². The molecule has 4 heterocycles. The van der Waals surface area contributed by atoms with E-state index in [1.807, 2.05) is 32.6 Å². The molecule has 232 valence electrons. The van der Waals surface area contributed by atoms with Crippen molar-refractivity contribution in [2.24, 2.45) is 4.99 Å². The Bertz CT molecular complexity index is 1660. The Kier molecular flexibility index (Phi) is 8.43. The van der Waals surface area contributed by atoms with E-state index in [2.05, 4.69) is 21.5 Å². The van der Waals surface area contributed by atoms with Crippen LogP contribution in [0.4, 0.5) is 29.1 Å². The van der Waals surface area contributed by atoms with Gasteiger partial charge in [-0.05, 0) is 61.7 Å². The minimum Gasteiger partial charge on any atom is -0.355 e. The van der Waals surface area contributed by atoms with Crippen molar-refractivity contribution in [2.75, 3.05) is 24.5 Å². The fourth-order valence-electron chi connectivity index (χ4n) is 5.60. The van der Waals surface area contributed by atoms with E-state index in [4.69, 9.17) is 11.6 Å². The minimum atomic E-state index is -4.73. The predicted molar refractivity (Wildman–Crippen MR) is 160 cm³/mol. The number of benzene rings is 1. The largest absolute Gasteiger partial charge is 0.416 e. The second kappa shape index (κ2) is 11.8. The van der Waals surface area contributed by atoms with Gasteiger partial charge in [0.25, 0.3) is 0 Å². The lowest BCUT2D eigenvalue weighted by Crippen LogP contribution is -2.56. The third kappa shape index (κ3) is 5.63. The quantitative estimate of drug-likeness (QED) is 0.270. The maximum Gasteiger partial charge on any atom is 0.416 e. The highest BCUT2D eigenvalue weighted by atomic mass is 35.5. The third-order valence-electron chi connectivity index (χ3n) is 7.77. The van der Waals surface area contributed by atoms with Gasteiger partial charge in [0.1, 0.15) is 17.5 Å². The Morgan fingerprint density at radius 3 is 2.55 bits per heavy atom. The molecule has 0 saturated carbocycles. The van der Waals surface area contributed by atoms with Crippen molar-refractivity contribution in [3.63, 3.8) is 0 Å². The number of nitrogens with zero attached hydrogens (tertiary/aromatic N) is 6. The molecule has 1 saturated heterocycles. The molecule has 1 aromatic carbocycles. The average Bonchev–Trinajstić information content (AvgIpc) is 2.96. The van der Waals surface area contributed by atoms with Gasteiger partial charge in [-0.1, -0.05) is 32.0 Å². The zero-order valence-corrected chi connectivity index (χ0v) is 25.3. The number of hydrogen-bond donors (Lipinski definition) is 1. The molecule has 2 aliphatic rings. The molecule has 2 aliphatic heterocycles. The van der Waals surface area contributed by atoms with Crippen LogP contribution in [0, 0.1) is 12.7 Å². The zero-order chi connectivity index (χ0) is 32.1. The number of fused-ring (bicyclic) bond motifs is 1. The molecular weight excluding hydrogens is 600 g/mol. The first-order chi connectivity index (χ1) is 20.7. The predicted octanol–water partition coefficient (Wildman–Crippen LogP) is 6.28. The summed E-state index contributed by atoms with van der Waals surface area (Å²) in [5, 5.41) is 11.5. The Balaban J connectivity index is 1.73. The molecule has 0 aliphatic carbocycles. The van der Waals surface area contributed by atoms with Gasteiger partial charge < -0.3 is 14.9 Å². The number of hydrogen-bond acceptors (Lipinski definition) is 7. The zero-order valence-electron chi connectivity index (χ0n) is 24.5. The van der Waals surface area contributed by atoms with Crippen molar-refractivity contribution >= 4 is 34.8 Å². The summed E-state index contributed by atoms with van der Waals surface area (Å²) in [7, 11) is 0. The number of aryl methyl sites for hydroxylation is 1. The number of carbonyl (C=O) groups excluding carboxylic acids is 1. The topological polar surface area (TPSA) is 85.2 Å². The molecule has 1 unspecified atom stereocenters. The number of amides is 1. The Hall–Kier alpha value is -4.03. The monoisotopic (exact) mass is 630 g/mol. The van der Waals surface area contributed by atoms with Crippen LogP contribution in [-0.4, -0.2) is 68.6 Å². The molecule has 2 aromatic heterocycles. The van der Waals surface area contributed by atoms with Crippen LogP contribution < -0.4 is 4.90 Å². The smallest absolute Gasteiger partial charge is 0.355 e. The van der Waals surface area contributed by atoms with E-state index in [1.165, 1.54) is 17.0 Å². The van der Waals surface area contributed by atoms with Crippen molar-refractivity contribution in [3.05, 3.63) is 82.4 Å². The normalized spacial score (nSPS) is 18.8. The first-order valence-electron chi connectivity index (χ1n) is 14.0. The lowest BCUT2D eigenvalue weighted by atomic mass is 10.0. The number of amidine groups is 1. The van der Waals surface area contributed by atoms with Crippen molar-refractivity contribution in [1.29, 1.82) is 0 Å². The van der Waals surface area contributed by atoms with Gasteiger partial charge in [0, 0.05) is 37.4 Å². The molecule has 13 heteroatoms. The highest BCUT2D eigenvalue weighted by molar-refractivity contribution is 6.33. The average molecular weight is 631 g/mol. The molecule has 2 atom stereocenters. The van der Waals surface area contributed by atoms with Gasteiger partial charge in [-0.2, -0.15) is 13.2 Å². The first-order valence-corrected chi connectivity index (χ1v) is 14.4. The van der Waals surface area contributed by atoms with Crippen LogP contribution in [0.1, 0.15) is 49.1 Å². The van der Waals surface area contributed by atoms with Crippen molar-refractivity contribution < 1.29 is 27.5 Å². The standard InChI is InChI=1S/C31H31ClF4N6O2/c1-6-24(43)40-11-12-41(18(5)15-40)28-21-14-22(32)26(20-13-19(31(34,35)36)7-8-23(20)33)38-29(21)42(30(44)39-28)27-17(4)9-10-37-25(27)16(2)3/h6-10,13-14,16,18,30,44H,1,11-12,15H2,2-5H3/t18-,30?/m0/s1. The molecule has 0 bridgehead atoms. The molecule has 1 amide bonds. The summed E-state index contributed by atoms with van der Waals surface area (Å²) in [5.74, 6) is -0.789. The van der Waals surface area contributed by atoms with Crippen LogP contribution in [0.3, 0.4) is 0 Å². The summed E-state index contributed by atoms with van der Waals surface area (Å²) in [5.41, 5.74) is 0.527. The van der Waals surface area contributed by atoms with E-state index in [-0.39, 0.29) is 34.4 Å². The number of halogens is 5. The maximum atomic E-state index is 15.1. The summed E-state index contributed by atoms with van der Waals surface area (Å²) in [6.07, 6.45) is -3.36. The molecule has 8 nitrogen and oxygen atoms in total. The van der Waals surface area contributed by atoms with Crippen LogP contribution in [-0.2, 0) is 11.0 Å². The van der Waals surface area contributed by atoms with Crippen LogP contribution >= 0.6 is 11.6 Å². The van der Waals surface area contributed by atoms with E-state index in [0.29, 0.717) is 54.5 Å². The van der Waals surface area contributed by atoms with Gasteiger partial charge >= 0.3 is 6.18 Å². The lowest BCUT2D eigenvalue weighted by Gasteiger charge is -2.44. The number of aliphatic imine (C=N–C) groups is 1. The molecule has 0 spiro atoms. The summed E-state index contributed by atoms with van der Waals surface area (Å²) < 4.78 is 55.9. The van der Waals surface area contributed by atoms with Gasteiger partial charge in [0.2, 0.25) is 12.3 Å². The highest BCUT2D eigenvalue weighted by Gasteiger charge is 2.39. The third-order valence-corrected chi connectivity index (χ3v) is 8.06. The van der Waals surface area contributed by atoms with E-state index in [1.54, 1.807) is 17.2 Å². The second-order valence-corrected chi connectivity index (χ2v) is 11.5. The van der Waals surface area contributed by atoms with E-state index < -0.39 is 29.5 Å². The van der Waals surface area contributed by atoms with E-state index in [9.17, 15) is 23.1 Å². The number of aliphatic hydroxyl groups is 1. The Labute approximate surface area is 257 Å². The molecule has 1 fully saturated rings. The van der Waals surface area contributed by atoms with E-state index >= 15 is 4.39 Å². The van der Waals surface area contributed by atoms with Crippen LogP contribution in [0.25, 0.3) is 11.3 Å². The van der Waals surface area contributed by atoms with Crippen LogP contribution in [0.2, 0.25) is 5.02 Å². The summed E-state index contributed by atoms with van der Waals surface area (Å²) >= 11 is 6.66. The number of rotatable bonds is 4. The number of pyridine rings is 2. The first kappa shape index (κ1) is 31.4. The Morgan fingerprint density at radius 2 is 1.91 bits per heavy atom. The minimum absolute atomic E-state index is 0.0888. The molecule has 3 aromatic rings. The van der Waals surface area contributed by atoms with Gasteiger partial charge in [-0.25, -0.2) is 14.4 Å². The van der Waals surface area contributed by atoms with Crippen molar-refractivity contribution in [2.45, 2.75) is 52.2 Å². The number of anilines is 2. The Morgan fingerprint density at radius 1 is 1.18 bits per heavy atom. The van der Waals surface area contributed by atoms with Gasteiger partial charge in [0.15, 0.2) is 0 Å². The lowest BCUT2D eigenvalue weighted by molar-refractivity contribution is -0.137. The molecule has 0 radical (unpaired) electrons. The number of alkyl halides is 3. The number of aliphatic hydroxyl groups excluding tert-OH is 1. The van der Waals surface area contributed by atoms with Gasteiger partial charge in [0.05, 0.1) is 33.2 Å². The van der Waals surface area contributed by atoms with Crippen LogP contribution in [0.15, 0.2) is 54.2 Å². The van der Waals surface area contributed by atoms with Crippen LogP contribution in [0.5, 0.6) is 0 Å². The summed E-state index contributed by atoms with van der Waals surface area (Å²) in [6, 6.07) is 5.03. The maximum absolute atomic E-state index is 15.1. The molecular formula is C31H31ClF4N6O2. The second-order valence-electron chi connectivity index (χ2n) is 11.1. The van der Waals surface area contributed by atoms with Gasteiger partial charge in [-0.3, -0.25) is 14.7 Å². The fraction of sp³-hybridized carbons (Fsp3) is 0.355. The van der Waals surface area contributed by atoms with Crippen molar-refractivity contribution in [1.82, 2.24) is 19.8 Å². The summed E-state index contributed by atoms with van der Waals surface area (Å²) in [4.78, 5) is 31.1. The summed E-state index contributed by atoms with van der Waals surface area (Å²) in [6.45, 7) is 12.2. The number of carbonyl (C=O) groups is 1. The molecule has 5 rings (SSSR count). The fourth-order valence-corrected chi connectivity index (χ4v) is 5.86. The highest BCUT2D eigenvalue weighted by Crippen LogP contribution is 2.43. The SMILES string of the molecule is C=CC(=O)N1CCN(C2=NC(O)N(c3c(C)ccnc3C(C)C)c3nc(-c4cc(C(F)(F)F)ccc4F)c(Cl)cc32)[C@@H](C)C1. The molecule has 44 heavy (non-hydrogen) atoms. The van der Waals surface area contributed by atoms with Gasteiger partial charge in [-0.15, -0.1) is 0 Å².